The van der Waals surface area contributed by atoms with Crippen LogP contribution in [0.3, 0.4) is 0 Å². The van der Waals surface area contributed by atoms with Gasteiger partial charge in [-0.25, -0.2) is 0 Å². The van der Waals surface area contributed by atoms with Gasteiger partial charge in [-0.2, -0.15) is 0 Å². The van der Waals surface area contributed by atoms with Crippen LogP contribution in [0.1, 0.15) is 27.2 Å². The molecule has 4 nitrogen and oxygen atoms in total. The number of hydrogen-bond donors (Lipinski definition) is 1. The molecule has 3 rings (SSSR count). The van der Waals surface area contributed by atoms with E-state index in [0.29, 0.717) is 25.1 Å². The van der Waals surface area contributed by atoms with Crippen molar-refractivity contribution in [2.45, 2.75) is 19.9 Å². The summed E-state index contributed by atoms with van der Waals surface area (Å²) >= 11 is 0. The van der Waals surface area contributed by atoms with Crippen LogP contribution in [0.25, 0.3) is 0 Å². The van der Waals surface area contributed by atoms with Gasteiger partial charge in [0.1, 0.15) is 5.56 Å². The molecule has 0 saturated heterocycles. The number of aryl methyl sites for hydroxylation is 1. The number of benzene rings is 2. The normalized spacial score (nSPS) is 10.5. The minimum absolute atomic E-state index is 0.180. The first-order valence-corrected chi connectivity index (χ1v) is 8.70. The zero-order valence-corrected chi connectivity index (χ0v) is 14.8. The Morgan fingerprint density at radius 3 is 2.19 bits per heavy atom. The molecule has 4 heteroatoms. The maximum atomic E-state index is 12.8. The third-order valence-electron chi connectivity index (χ3n) is 4.42. The van der Waals surface area contributed by atoms with Crippen molar-refractivity contribution in [1.82, 2.24) is 4.57 Å². The highest BCUT2D eigenvalue weighted by atomic mass is 16.1. The van der Waals surface area contributed by atoms with Crippen molar-refractivity contribution in [1.29, 1.82) is 0 Å². The van der Waals surface area contributed by atoms with Gasteiger partial charge in [-0.15, -0.1) is 0 Å². The summed E-state index contributed by atoms with van der Waals surface area (Å²) in [6, 6.07) is 21.7. The molecule has 2 aromatic carbocycles. The van der Waals surface area contributed by atoms with Crippen LogP contribution in [0.4, 0.5) is 5.69 Å². The molecule has 1 N–H and O–H groups in total. The molecule has 3 aromatic rings. The van der Waals surface area contributed by atoms with Gasteiger partial charge in [0.05, 0.1) is 12.2 Å². The first-order valence-electron chi connectivity index (χ1n) is 8.70. The Labute approximate surface area is 153 Å². The zero-order valence-electron chi connectivity index (χ0n) is 14.8. The van der Waals surface area contributed by atoms with Gasteiger partial charge >= 0.3 is 0 Å². The first-order chi connectivity index (χ1) is 12.7. The number of hydrogen-bond acceptors (Lipinski definition) is 3. The van der Waals surface area contributed by atoms with Crippen molar-refractivity contribution < 1.29 is 4.79 Å². The number of carbonyl (C=O) groups is 1. The highest BCUT2D eigenvalue weighted by Crippen LogP contribution is 2.14. The standard InChI is InChI=1S/C22H22N2O2/c1-17-14-21(23-13-12-18-8-4-2-5-9-18)20(16-25)22(26)24(17)15-19-10-6-3-7-11-19/h2-11,14,16,23H,12-13,15H2,1H3. The van der Waals surface area contributed by atoms with Crippen LogP contribution in [-0.4, -0.2) is 17.4 Å². The van der Waals surface area contributed by atoms with E-state index in [0.717, 1.165) is 17.7 Å². The average Bonchev–Trinajstić information content (AvgIpc) is 2.67. The maximum absolute atomic E-state index is 12.8. The second kappa shape index (κ2) is 8.30. The zero-order chi connectivity index (χ0) is 18.4. The highest BCUT2D eigenvalue weighted by Gasteiger charge is 2.12. The highest BCUT2D eigenvalue weighted by molar-refractivity contribution is 5.83. The van der Waals surface area contributed by atoms with Crippen molar-refractivity contribution in [2.75, 3.05) is 11.9 Å². The monoisotopic (exact) mass is 346 g/mol. The second-order valence-corrected chi connectivity index (χ2v) is 6.27. The Kier molecular flexibility index (Phi) is 5.64. The lowest BCUT2D eigenvalue weighted by molar-refractivity contribution is 0.112. The molecule has 0 unspecified atom stereocenters. The van der Waals surface area contributed by atoms with Gasteiger partial charge in [0.2, 0.25) is 0 Å². The summed E-state index contributed by atoms with van der Waals surface area (Å²) in [5.41, 5.74) is 3.58. The van der Waals surface area contributed by atoms with Gasteiger partial charge < -0.3 is 9.88 Å². The van der Waals surface area contributed by atoms with Gasteiger partial charge in [-0.05, 0) is 30.5 Å². The summed E-state index contributed by atoms with van der Waals surface area (Å²) in [7, 11) is 0. The van der Waals surface area contributed by atoms with Crippen molar-refractivity contribution in [3.63, 3.8) is 0 Å². The van der Waals surface area contributed by atoms with E-state index < -0.39 is 0 Å². The van der Waals surface area contributed by atoms with Crippen molar-refractivity contribution in [3.8, 4) is 0 Å². The number of rotatable bonds is 7. The van der Waals surface area contributed by atoms with E-state index in [1.165, 1.54) is 5.56 Å². The molecule has 0 fully saturated rings. The molecule has 0 aliphatic rings. The Morgan fingerprint density at radius 1 is 0.962 bits per heavy atom. The summed E-state index contributed by atoms with van der Waals surface area (Å²) in [6.07, 6.45) is 1.47. The molecule has 132 valence electrons. The van der Waals surface area contributed by atoms with Crippen LogP contribution >= 0.6 is 0 Å². The van der Waals surface area contributed by atoms with Gasteiger partial charge in [0.25, 0.3) is 5.56 Å². The Bertz CT molecular complexity index is 932. The van der Waals surface area contributed by atoms with Crippen LogP contribution in [0.2, 0.25) is 0 Å². The Hall–Kier alpha value is -3.14. The lowest BCUT2D eigenvalue weighted by Gasteiger charge is -2.15. The molecule has 1 aromatic heterocycles. The summed E-state index contributed by atoms with van der Waals surface area (Å²) in [5.74, 6) is 0. The number of aldehydes is 1. The molecule has 0 atom stereocenters. The topological polar surface area (TPSA) is 51.1 Å². The van der Waals surface area contributed by atoms with Crippen molar-refractivity contribution >= 4 is 12.0 Å². The maximum Gasteiger partial charge on any atom is 0.263 e. The molecule has 0 saturated carbocycles. The third-order valence-corrected chi connectivity index (χ3v) is 4.42. The fraction of sp³-hybridized carbons (Fsp3) is 0.182. The van der Waals surface area contributed by atoms with Gasteiger partial charge in [0.15, 0.2) is 6.29 Å². The van der Waals surface area contributed by atoms with Crippen LogP contribution in [0.15, 0.2) is 71.5 Å². The lowest BCUT2D eigenvalue weighted by atomic mass is 10.1. The quantitative estimate of drug-likeness (QED) is 0.664. The molecular formula is C22H22N2O2. The molecule has 1 heterocycles. The molecular weight excluding hydrogens is 324 g/mol. The largest absolute Gasteiger partial charge is 0.384 e. The summed E-state index contributed by atoms with van der Waals surface area (Å²) < 4.78 is 1.64. The molecule has 0 aliphatic carbocycles. The minimum atomic E-state index is -0.258. The predicted octanol–water partition coefficient (Wildman–Crippen LogP) is 3.67. The van der Waals surface area contributed by atoms with Crippen LogP contribution < -0.4 is 10.9 Å². The van der Waals surface area contributed by atoms with Gasteiger partial charge in [-0.3, -0.25) is 9.59 Å². The SMILES string of the molecule is Cc1cc(NCCc2ccccc2)c(C=O)c(=O)n1Cc1ccccc1. The average molecular weight is 346 g/mol. The smallest absolute Gasteiger partial charge is 0.263 e. The van der Waals surface area contributed by atoms with Crippen molar-refractivity contribution in [3.05, 3.63) is 99.5 Å². The number of nitrogens with one attached hydrogen (secondary N) is 1. The molecule has 0 bridgehead atoms. The molecule has 26 heavy (non-hydrogen) atoms. The van der Waals surface area contributed by atoms with Crippen LogP contribution in [0.5, 0.6) is 0 Å². The number of aromatic nitrogens is 1. The van der Waals surface area contributed by atoms with E-state index in [2.05, 4.69) is 17.4 Å². The number of anilines is 1. The van der Waals surface area contributed by atoms with E-state index in [-0.39, 0.29) is 11.1 Å². The van der Waals surface area contributed by atoms with E-state index in [1.54, 1.807) is 4.57 Å². The summed E-state index contributed by atoms with van der Waals surface area (Å²) in [4.78, 5) is 24.3. The fourth-order valence-corrected chi connectivity index (χ4v) is 2.99. The molecule has 0 spiro atoms. The molecule has 0 aliphatic heterocycles. The summed E-state index contributed by atoms with van der Waals surface area (Å²) in [5, 5.41) is 3.24. The number of nitrogens with zero attached hydrogens (tertiary/aromatic N) is 1. The minimum Gasteiger partial charge on any atom is -0.384 e. The van der Waals surface area contributed by atoms with Crippen LogP contribution in [0, 0.1) is 6.92 Å². The fourth-order valence-electron chi connectivity index (χ4n) is 2.99. The number of carbonyl (C=O) groups excluding carboxylic acids is 1. The molecule has 0 amide bonds. The van der Waals surface area contributed by atoms with Gasteiger partial charge in [-0.1, -0.05) is 60.7 Å². The van der Waals surface area contributed by atoms with E-state index in [1.807, 2.05) is 61.5 Å². The second-order valence-electron chi connectivity index (χ2n) is 6.27. The Morgan fingerprint density at radius 2 is 1.58 bits per heavy atom. The van der Waals surface area contributed by atoms with Gasteiger partial charge in [0, 0.05) is 12.2 Å². The third kappa shape index (κ3) is 4.09. The Balaban J connectivity index is 1.81. The number of pyridine rings is 1. The summed E-state index contributed by atoms with van der Waals surface area (Å²) in [6.45, 7) is 3.00. The lowest BCUT2D eigenvalue weighted by Crippen LogP contribution is -2.27. The van der Waals surface area contributed by atoms with E-state index in [9.17, 15) is 9.59 Å². The van der Waals surface area contributed by atoms with E-state index >= 15 is 0 Å². The van der Waals surface area contributed by atoms with Crippen molar-refractivity contribution in [2.24, 2.45) is 0 Å². The predicted molar refractivity (Wildman–Crippen MR) is 105 cm³/mol. The van der Waals surface area contributed by atoms with Crippen LogP contribution in [-0.2, 0) is 13.0 Å². The van der Waals surface area contributed by atoms with E-state index in [4.69, 9.17) is 0 Å². The first kappa shape index (κ1) is 17.7. The molecule has 0 radical (unpaired) electrons.